The summed E-state index contributed by atoms with van der Waals surface area (Å²) in [6, 6.07) is 0. The van der Waals surface area contributed by atoms with Crippen LogP contribution in [0.1, 0.15) is 40.5 Å². The van der Waals surface area contributed by atoms with Crippen molar-refractivity contribution in [3.63, 3.8) is 0 Å². The minimum atomic E-state index is -0.999. The zero-order chi connectivity index (χ0) is 30.1. The summed E-state index contributed by atoms with van der Waals surface area (Å²) in [5, 5.41) is 13.8. The highest BCUT2D eigenvalue weighted by molar-refractivity contribution is 6.48. The first kappa shape index (κ1) is 32.7. The van der Waals surface area contributed by atoms with Crippen LogP contribution in [0.25, 0.3) is 0 Å². The molecule has 0 aromatic carbocycles. The molecule has 0 fully saturated rings. The molecule has 1 aliphatic heterocycles. The molecule has 11 heteroatoms. The van der Waals surface area contributed by atoms with Gasteiger partial charge in [-0.2, -0.15) is 0 Å². The Balaban J connectivity index is 2.63. The number of hydrogen-bond donors (Lipinski definition) is 3. The van der Waals surface area contributed by atoms with Crippen molar-refractivity contribution in [1.82, 2.24) is 5.32 Å². The fraction of sp³-hybridized carbons (Fsp3) is 0.517. The van der Waals surface area contributed by atoms with E-state index in [1.807, 2.05) is 6.92 Å². The van der Waals surface area contributed by atoms with E-state index < -0.39 is 53.9 Å². The van der Waals surface area contributed by atoms with Gasteiger partial charge in [-0.05, 0) is 38.2 Å². The highest BCUT2D eigenvalue weighted by atomic mass is 16.6. The van der Waals surface area contributed by atoms with E-state index in [-0.39, 0.29) is 34.9 Å². The predicted octanol–water partition coefficient (Wildman–Crippen LogP) is 2.41. The number of fused-ring (bicyclic) bond motifs is 1. The number of primary amides is 1. The summed E-state index contributed by atoms with van der Waals surface area (Å²) in [6.45, 7) is 6.95. The molecule has 6 atom stereocenters. The Morgan fingerprint density at radius 1 is 1.10 bits per heavy atom. The lowest BCUT2D eigenvalue weighted by Crippen LogP contribution is -2.37. The standard InChI is InChI=1S/C29H40N2O9/c1-15-11-19-25(34)21(32)14-20(27(19)39-7)31-28(35)16(2)9-8-10-22(37-5)26(40-29(30)36)18(4)13-17(3)24(33)23(12-15)38-6/h8-10,13-15,17,22-24,26,33H,11-12H2,1-7H3,(H2,30,36)(H,31,35)/b10-8+,16-9-,18-13+/t15-,17+,22+,23+,24-,26+/m1/s1. The third-order valence-electron chi connectivity index (χ3n) is 6.95. The second kappa shape index (κ2) is 14.7. The Bertz CT molecular complexity index is 1150. The number of allylic oxidation sites excluding steroid dienone is 4. The van der Waals surface area contributed by atoms with Crippen LogP contribution in [0.2, 0.25) is 0 Å². The Morgan fingerprint density at radius 3 is 2.35 bits per heavy atom. The van der Waals surface area contributed by atoms with Crippen molar-refractivity contribution in [3.8, 4) is 0 Å². The van der Waals surface area contributed by atoms with Gasteiger partial charge in [-0.1, -0.05) is 38.2 Å². The molecule has 0 unspecified atom stereocenters. The summed E-state index contributed by atoms with van der Waals surface area (Å²) in [5.41, 5.74) is 6.40. The molecule has 4 N–H and O–H groups in total. The van der Waals surface area contributed by atoms with Crippen LogP contribution in [0.5, 0.6) is 0 Å². The van der Waals surface area contributed by atoms with Crippen molar-refractivity contribution in [2.45, 2.75) is 65.0 Å². The van der Waals surface area contributed by atoms with Crippen LogP contribution < -0.4 is 11.1 Å². The van der Waals surface area contributed by atoms with Crippen LogP contribution >= 0.6 is 0 Å². The number of ether oxygens (including phenoxy) is 4. The maximum atomic E-state index is 12.9. The highest BCUT2D eigenvalue weighted by Crippen LogP contribution is 2.30. The number of amides is 2. The summed E-state index contributed by atoms with van der Waals surface area (Å²) >= 11 is 0. The Labute approximate surface area is 234 Å². The fourth-order valence-electron chi connectivity index (χ4n) is 4.79. The van der Waals surface area contributed by atoms with Gasteiger partial charge in [0.2, 0.25) is 11.6 Å². The number of carbonyl (C=O) groups excluding carboxylic acids is 4. The Kier molecular flexibility index (Phi) is 12.0. The fourth-order valence-corrected chi connectivity index (χ4v) is 4.79. The van der Waals surface area contributed by atoms with Crippen molar-refractivity contribution >= 4 is 23.6 Å². The average molecular weight is 561 g/mol. The van der Waals surface area contributed by atoms with E-state index in [0.717, 1.165) is 6.08 Å². The number of ketones is 2. The van der Waals surface area contributed by atoms with Gasteiger partial charge in [0.15, 0.2) is 6.10 Å². The van der Waals surface area contributed by atoms with Crippen LogP contribution in [0.3, 0.4) is 0 Å². The molecule has 2 rings (SSSR count). The molecular weight excluding hydrogens is 520 g/mol. The van der Waals surface area contributed by atoms with Gasteiger partial charge in [-0.3, -0.25) is 14.4 Å². The van der Waals surface area contributed by atoms with Gasteiger partial charge in [-0.25, -0.2) is 4.79 Å². The maximum Gasteiger partial charge on any atom is 0.405 e. The van der Waals surface area contributed by atoms with E-state index in [4.69, 9.17) is 24.7 Å². The third-order valence-corrected chi connectivity index (χ3v) is 6.95. The van der Waals surface area contributed by atoms with E-state index in [2.05, 4.69) is 5.32 Å². The van der Waals surface area contributed by atoms with E-state index in [0.29, 0.717) is 12.0 Å². The van der Waals surface area contributed by atoms with Crippen molar-refractivity contribution in [2.75, 3.05) is 21.3 Å². The normalized spacial score (nSPS) is 32.7. The number of nitrogens with one attached hydrogen (secondary N) is 1. The number of nitrogens with two attached hydrogens (primary N) is 1. The first-order valence-electron chi connectivity index (χ1n) is 13.0. The number of aliphatic hydroxyl groups excluding tert-OH is 1. The summed E-state index contributed by atoms with van der Waals surface area (Å²) < 4.78 is 22.0. The third kappa shape index (κ3) is 8.23. The lowest BCUT2D eigenvalue weighted by molar-refractivity contribution is -0.132. The van der Waals surface area contributed by atoms with Gasteiger partial charge in [0.05, 0.1) is 25.0 Å². The van der Waals surface area contributed by atoms with Crippen LogP contribution in [-0.2, 0) is 33.3 Å². The number of rotatable bonds is 4. The van der Waals surface area contributed by atoms with Crippen LogP contribution in [0.4, 0.5) is 4.79 Å². The zero-order valence-corrected chi connectivity index (χ0v) is 24.1. The Hall–Kier alpha value is -3.54. The van der Waals surface area contributed by atoms with E-state index in [1.54, 1.807) is 39.0 Å². The number of carbonyl (C=O) groups is 4. The number of Topliss-reactive ketones (excluding diaryl/α,β-unsaturated/α-hetero) is 1. The van der Waals surface area contributed by atoms with Gasteiger partial charge < -0.3 is 35.1 Å². The largest absolute Gasteiger partial charge is 0.494 e. The molecule has 2 amide bonds. The molecule has 11 nitrogen and oxygen atoms in total. The topological polar surface area (TPSA) is 163 Å². The van der Waals surface area contributed by atoms with Crippen LogP contribution in [-0.4, -0.2) is 74.4 Å². The smallest absolute Gasteiger partial charge is 0.405 e. The lowest BCUT2D eigenvalue weighted by atomic mass is 9.85. The van der Waals surface area contributed by atoms with Crippen molar-refractivity contribution in [2.24, 2.45) is 17.6 Å². The molecule has 0 aromatic rings. The predicted molar refractivity (Wildman–Crippen MR) is 147 cm³/mol. The highest BCUT2D eigenvalue weighted by Gasteiger charge is 2.34. The lowest BCUT2D eigenvalue weighted by Gasteiger charge is -2.30. The first-order valence-corrected chi connectivity index (χ1v) is 13.0. The first-order chi connectivity index (χ1) is 18.8. The molecule has 0 saturated heterocycles. The van der Waals surface area contributed by atoms with Crippen LogP contribution in [0, 0.1) is 11.8 Å². The van der Waals surface area contributed by atoms with Gasteiger partial charge in [-0.15, -0.1) is 0 Å². The monoisotopic (exact) mass is 560 g/mol. The van der Waals surface area contributed by atoms with Crippen molar-refractivity contribution < 1.29 is 43.2 Å². The summed E-state index contributed by atoms with van der Waals surface area (Å²) in [5.74, 6) is -2.56. The van der Waals surface area contributed by atoms with E-state index >= 15 is 0 Å². The molecule has 0 radical (unpaired) electrons. The zero-order valence-electron chi connectivity index (χ0n) is 24.1. The van der Waals surface area contributed by atoms with Gasteiger partial charge in [0.1, 0.15) is 11.9 Å². The molecule has 1 heterocycles. The minimum Gasteiger partial charge on any atom is -0.494 e. The summed E-state index contributed by atoms with van der Waals surface area (Å²) in [6.07, 6.45) is 3.69. The molecule has 2 bridgehead atoms. The van der Waals surface area contributed by atoms with Gasteiger partial charge in [0.25, 0.3) is 5.91 Å². The van der Waals surface area contributed by atoms with Crippen LogP contribution in [0.15, 0.2) is 58.6 Å². The molecular formula is C29H40N2O9. The molecule has 0 saturated carbocycles. The molecule has 1 aliphatic carbocycles. The SMILES string of the molecule is COC1=C2C[C@@H](C)C[C@H](OC)[C@H](O)[C@@H](C)/C=C(\C)[C@H](OC(N)=O)[C@@H](OC)/C=C/C=C(/C)C(=O)NC1=CC(=O)C2=O. The van der Waals surface area contributed by atoms with Gasteiger partial charge >= 0.3 is 6.09 Å². The average Bonchev–Trinajstić information content (AvgIpc) is 2.90. The van der Waals surface area contributed by atoms with Crippen molar-refractivity contribution in [1.29, 1.82) is 0 Å². The second-order valence-corrected chi connectivity index (χ2v) is 10.1. The molecule has 40 heavy (non-hydrogen) atoms. The van der Waals surface area contributed by atoms with Crippen molar-refractivity contribution in [3.05, 3.63) is 58.6 Å². The molecule has 0 spiro atoms. The summed E-state index contributed by atoms with van der Waals surface area (Å²) in [4.78, 5) is 50.0. The summed E-state index contributed by atoms with van der Waals surface area (Å²) in [7, 11) is 4.27. The second-order valence-electron chi connectivity index (χ2n) is 10.1. The number of methoxy groups -OCH3 is 3. The Morgan fingerprint density at radius 2 is 1.77 bits per heavy atom. The maximum absolute atomic E-state index is 12.9. The van der Waals surface area contributed by atoms with E-state index in [1.165, 1.54) is 27.4 Å². The molecule has 220 valence electrons. The molecule has 0 aromatic heterocycles. The minimum absolute atomic E-state index is 0.0791. The van der Waals surface area contributed by atoms with Gasteiger partial charge in [0, 0.05) is 37.4 Å². The number of hydrogen-bond acceptors (Lipinski definition) is 9. The van der Waals surface area contributed by atoms with E-state index in [9.17, 15) is 24.3 Å². The quantitative estimate of drug-likeness (QED) is 0.266. The number of aliphatic hydroxyl groups is 1. The molecule has 2 aliphatic rings.